The average molecular weight is 529 g/mol. The van der Waals surface area contributed by atoms with Gasteiger partial charge in [0.05, 0.1) is 28.9 Å². The maximum Gasteiger partial charge on any atom is 0.362 e. The molecule has 2 rings (SSSR count). The summed E-state index contributed by atoms with van der Waals surface area (Å²) in [6.07, 6.45) is -0.460. The summed E-state index contributed by atoms with van der Waals surface area (Å²) in [6, 6.07) is -1.21. The topological polar surface area (TPSA) is 192 Å². The van der Waals surface area contributed by atoms with Crippen LogP contribution in [0.1, 0.15) is 51.7 Å². The highest BCUT2D eigenvalue weighted by molar-refractivity contribution is 7.84. The molecule has 1 N–H and O–H groups in total. The van der Waals surface area contributed by atoms with E-state index in [9.17, 15) is 27.4 Å². The third-order valence-corrected chi connectivity index (χ3v) is 6.72. The van der Waals surface area contributed by atoms with Gasteiger partial charge >= 0.3 is 16.3 Å². The monoisotopic (exact) mass is 528 g/mol. The van der Waals surface area contributed by atoms with Crippen molar-refractivity contribution in [2.24, 2.45) is 21.4 Å². The molecule has 1 aliphatic rings. The Morgan fingerprint density at radius 1 is 1.31 bits per heavy atom. The maximum absolute atomic E-state index is 13.2. The second kappa shape index (κ2) is 10.4. The van der Waals surface area contributed by atoms with Gasteiger partial charge in [0.25, 0.3) is 0 Å². The first-order chi connectivity index (χ1) is 16.0. The summed E-state index contributed by atoms with van der Waals surface area (Å²) in [7, 11) is -4.89. The van der Waals surface area contributed by atoms with Crippen LogP contribution in [0.3, 0.4) is 0 Å². The predicted molar refractivity (Wildman–Crippen MR) is 127 cm³/mol. The summed E-state index contributed by atoms with van der Waals surface area (Å²) in [6.45, 7) is 9.60. The van der Waals surface area contributed by atoms with E-state index in [-0.39, 0.29) is 22.3 Å². The Balaban J connectivity index is 2.33. The van der Waals surface area contributed by atoms with Crippen LogP contribution in [0.5, 0.6) is 0 Å². The van der Waals surface area contributed by atoms with E-state index in [0.717, 1.165) is 0 Å². The lowest BCUT2D eigenvalue weighted by atomic mass is 9.84. The Morgan fingerprint density at radius 2 is 1.94 bits per heavy atom. The lowest BCUT2D eigenvalue weighted by Crippen LogP contribution is -2.64. The number of rotatable bonds is 10. The van der Waals surface area contributed by atoms with Crippen LogP contribution in [-0.2, 0) is 29.4 Å². The number of hydrogen-bond donors (Lipinski definition) is 1. The molecule has 2 atom stereocenters. The molecule has 0 unspecified atom stereocenters. The maximum atomic E-state index is 13.2. The van der Waals surface area contributed by atoms with Crippen molar-refractivity contribution < 1.29 is 32.1 Å². The van der Waals surface area contributed by atoms with Gasteiger partial charge in [0.2, 0.25) is 5.91 Å². The van der Waals surface area contributed by atoms with Gasteiger partial charge < -0.3 is 4.74 Å². The molecule has 1 fully saturated rings. The van der Waals surface area contributed by atoms with Crippen LogP contribution in [0.2, 0.25) is 0 Å². The summed E-state index contributed by atoms with van der Waals surface area (Å²) in [5.74, 6) is -3.28. The van der Waals surface area contributed by atoms with E-state index < -0.39 is 63.9 Å². The molecular formula is C20H28N6O7S2. The number of Topliss-reactive ketones (excluding diaryl/α,β-unsaturated/α-hetero) is 1. The van der Waals surface area contributed by atoms with Gasteiger partial charge in [-0.05, 0) is 47.1 Å². The number of thiazole rings is 1. The van der Waals surface area contributed by atoms with E-state index in [1.165, 1.54) is 11.3 Å². The number of aromatic nitrogens is 1. The first-order valence-corrected chi connectivity index (χ1v) is 12.8. The fraction of sp³-hybridized carbons (Fsp3) is 0.650. The Hall–Kier alpha value is -2.87. The van der Waals surface area contributed by atoms with Gasteiger partial charge in [-0.15, -0.1) is 11.3 Å². The fourth-order valence-corrected chi connectivity index (χ4v) is 4.76. The van der Waals surface area contributed by atoms with Crippen molar-refractivity contribution in [3.8, 4) is 0 Å². The third kappa shape index (κ3) is 7.07. The van der Waals surface area contributed by atoms with Crippen molar-refractivity contribution >= 4 is 45.0 Å². The quantitative estimate of drug-likeness (QED) is 0.0910. The molecule has 1 aromatic rings. The van der Waals surface area contributed by atoms with Gasteiger partial charge in [-0.3, -0.25) is 23.9 Å². The summed E-state index contributed by atoms with van der Waals surface area (Å²) in [5.41, 5.74) is 6.95. The largest absolute Gasteiger partial charge is 0.460 e. The molecule has 0 aliphatic carbocycles. The molecule has 35 heavy (non-hydrogen) atoms. The van der Waals surface area contributed by atoms with Crippen LogP contribution in [0.4, 0.5) is 0 Å². The van der Waals surface area contributed by atoms with Gasteiger partial charge in [-0.1, -0.05) is 5.11 Å². The van der Waals surface area contributed by atoms with Crippen LogP contribution in [0, 0.1) is 18.3 Å². The number of ketones is 1. The van der Waals surface area contributed by atoms with Crippen LogP contribution in [0.15, 0.2) is 15.5 Å². The Bertz CT molecular complexity index is 1190. The number of esters is 1. The number of carbonyl (C=O) groups excluding carboxylic acids is 3. The van der Waals surface area contributed by atoms with Crippen molar-refractivity contribution in [3.63, 3.8) is 0 Å². The van der Waals surface area contributed by atoms with Crippen molar-refractivity contribution in [2.45, 2.75) is 59.6 Å². The van der Waals surface area contributed by atoms with E-state index in [2.05, 4.69) is 20.0 Å². The number of carbonyl (C=O) groups is 3. The molecule has 1 saturated heterocycles. The zero-order valence-electron chi connectivity index (χ0n) is 20.2. The van der Waals surface area contributed by atoms with E-state index in [1.54, 1.807) is 46.9 Å². The summed E-state index contributed by atoms with van der Waals surface area (Å²) < 4.78 is 38.0. The molecular weight excluding hydrogens is 500 g/mol. The van der Waals surface area contributed by atoms with E-state index in [0.29, 0.717) is 5.01 Å². The average Bonchev–Trinajstić information content (AvgIpc) is 3.12. The minimum Gasteiger partial charge on any atom is -0.460 e. The van der Waals surface area contributed by atoms with Crippen molar-refractivity contribution in [3.05, 3.63) is 26.5 Å². The number of hydrogen-bond acceptors (Lipinski definition) is 10. The minimum absolute atomic E-state index is 0.0772. The number of β-lactam (4-membered cyclic amide) rings is 1. The zero-order chi connectivity index (χ0) is 26.8. The standard InChI is InChI=1S/C20H28N6O7S2/c1-11-24-13(9-34-11)16(22-10-20(5,6)18(29)33-19(2,3)4)15(27)7-12-14(8-23-25-21)26(17(12)28)35(30,31)32/h9,12,14H,7-8,10H2,1-6H3,(H,30,31,32)/t12-,14+/m0/s1. The van der Waals surface area contributed by atoms with E-state index in [1.807, 2.05) is 0 Å². The van der Waals surface area contributed by atoms with E-state index in [4.69, 9.17) is 10.3 Å². The van der Waals surface area contributed by atoms with Crippen LogP contribution in [-0.4, -0.2) is 70.4 Å². The Morgan fingerprint density at radius 3 is 2.43 bits per heavy atom. The van der Waals surface area contributed by atoms with Gasteiger partial charge in [-0.2, -0.15) is 8.42 Å². The number of ether oxygens (including phenoxy) is 1. The molecule has 0 radical (unpaired) electrons. The van der Waals surface area contributed by atoms with Crippen LogP contribution in [0.25, 0.3) is 10.4 Å². The molecule has 0 bridgehead atoms. The minimum atomic E-state index is -4.89. The van der Waals surface area contributed by atoms with E-state index >= 15 is 0 Å². The summed E-state index contributed by atoms with van der Waals surface area (Å²) >= 11 is 1.27. The molecule has 1 amide bonds. The fourth-order valence-electron chi connectivity index (χ4n) is 3.24. The molecule has 0 aromatic carbocycles. The van der Waals surface area contributed by atoms with Crippen molar-refractivity contribution in [1.29, 1.82) is 0 Å². The van der Waals surface area contributed by atoms with Gasteiger partial charge in [0.1, 0.15) is 17.0 Å². The Kier molecular flexibility index (Phi) is 8.43. The molecule has 0 spiro atoms. The SMILES string of the molecule is Cc1nc(C(=NCC(C)(C)C(=O)OC(C)(C)C)C(=O)C[C@@H]2C(=O)N(S(=O)(=O)O)[C@@H]2CN=[N+]=[N-])cs1. The number of aryl methyl sites for hydroxylation is 1. The molecule has 192 valence electrons. The third-order valence-electron chi connectivity index (χ3n) is 5.00. The Labute approximate surface area is 207 Å². The molecule has 13 nitrogen and oxygen atoms in total. The lowest BCUT2D eigenvalue weighted by molar-refractivity contribution is -0.165. The van der Waals surface area contributed by atoms with Crippen molar-refractivity contribution in [1.82, 2.24) is 9.29 Å². The number of azide groups is 1. The number of nitrogens with zero attached hydrogens (tertiary/aromatic N) is 6. The first kappa shape index (κ1) is 28.4. The smallest absolute Gasteiger partial charge is 0.362 e. The number of aliphatic imine (C=N–C) groups is 1. The van der Waals surface area contributed by atoms with Crippen LogP contribution >= 0.6 is 11.3 Å². The number of amides is 1. The van der Waals surface area contributed by atoms with Gasteiger partial charge in [0.15, 0.2) is 5.78 Å². The highest BCUT2D eigenvalue weighted by atomic mass is 32.2. The molecule has 1 aliphatic heterocycles. The molecule has 1 aromatic heterocycles. The molecule has 2 heterocycles. The summed E-state index contributed by atoms with van der Waals surface area (Å²) in [5, 5.41) is 5.55. The summed E-state index contributed by atoms with van der Waals surface area (Å²) in [4.78, 5) is 49.4. The second-order valence-corrected chi connectivity index (χ2v) is 12.0. The van der Waals surface area contributed by atoms with Crippen molar-refractivity contribution in [2.75, 3.05) is 13.1 Å². The van der Waals surface area contributed by atoms with Gasteiger partial charge in [-0.25, -0.2) is 9.29 Å². The highest BCUT2D eigenvalue weighted by Gasteiger charge is 2.53. The highest BCUT2D eigenvalue weighted by Crippen LogP contribution is 2.33. The first-order valence-electron chi connectivity index (χ1n) is 10.5. The van der Waals surface area contributed by atoms with Crippen LogP contribution < -0.4 is 0 Å². The normalized spacial score (nSPS) is 19.1. The zero-order valence-corrected chi connectivity index (χ0v) is 21.9. The second-order valence-electron chi connectivity index (χ2n) is 9.63. The predicted octanol–water partition coefficient (Wildman–Crippen LogP) is 2.51. The molecule has 0 saturated carbocycles. The lowest BCUT2D eigenvalue weighted by Gasteiger charge is -2.43. The molecule has 15 heteroatoms. The van der Waals surface area contributed by atoms with Gasteiger partial charge in [0, 0.05) is 23.3 Å².